The average Bonchev–Trinajstić information content (AvgIpc) is 3.41. The van der Waals surface area contributed by atoms with E-state index in [1.807, 2.05) is 30.3 Å². The maximum Gasteiger partial charge on any atom is 0.225 e. The van der Waals surface area contributed by atoms with Gasteiger partial charge in [0, 0.05) is 36.3 Å². The molecule has 132 valence electrons. The predicted molar refractivity (Wildman–Crippen MR) is 101 cm³/mol. The summed E-state index contributed by atoms with van der Waals surface area (Å²) in [5, 5.41) is 9.46. The third-order valence-electron chi connectivity index (χ3n) is 4.21. The molecule has 1 aliphatic rings. The van der Waals surface area contributed by atoms with E-state index < -0.39 is 0 Å². The summed E-state index contributed by atoms with van der Waals surface area (Å²) in [6.07, 6.45) is 3.42. The standard InChI is InChI=1S/C19H25N5O/c1-4-12(2)20-19-23-17(14-5-6-14)11-18(24-19)22-16-9-7-15(8-10-16)21-13(3)25/h7-12,14H,4-6H2,1-3H3,(H,21,25)(H2,20,22,23,24)/t12-/m1/s1. The molecule has 3 N–H and O–H groups in total. The van der Waals surface area contributed by atoms with E-state index in [0.29, 0.717) is 17.9 Å². The molecular formula is C19H25N5O. The second-order valence-corrected chi connectivity index (χ2v) is 6.61. The number of hydrogen-bond donors (Lipinski definition) is 3. The Morgan fingerprint density at radius 1 is 1.20 bits per heavy atom. The molecule has 1 saturated carbocycles. The zero-order chi connectivity index (χ0) is 17.8. The first-order valence-electron chi connectivity index (χ1n) is 8.83. The van der Waals surface area contributed by atoms with Crippen molar-refractivity contribution in [3.8, 4) is 0 Å². The van der Waals surface area contributed by atoms with Gasteiger partial charge in [0.2, 0.25) is 11.9 Å². The molecule has 0 saturated heterocycles. The molecule has 0 unspecified atom stereocenters. The quantitative estimate of drug-likeness (QED) is 0.702. The summed E-state index contributed by atoms with van der Waals surface area (Å²) in [7, 11) is 0. The number of aromatic nitrogens is 2. The molecule has 0 radical (unpaired) electrons. The van der Waals surface area contributed by atoms with Crippen molar-refractivity contribution < 1.29 is 4.79 Å². The van der Waals surface area contributed by atoms with E-state index in [9.17, 15) is 4.79 Å². The van der Waals surface area contributed by atoms with E-state index in [4.69, 9.17) is 0 Å². The van der Waals surface area contributed by atoms with Crippen molar-refractivity contribution in [2.45, 2.75) is 52.0 Å². The molecule has 6 heteroatoms. The number of nitrogens with one attached hydrogen (secondary N) is 3. The second-order valence-electron chi connectivity index (χ2n) is 6.61. The van der Waals surface area contributed by atoms with E-state index in [-0.39, 0.29) is 5.91 Å². The Morgan fingerprint density at radius 3 is 2.48 bits per heavy atom. The van der Waals surface area contributed by atoms with Gasteiger partial charge in [-0.25, -0.2) is 4.98 Å². The molecule has 1 aliphatic carbocycles. The van der Waals surface area contributed by atoms with E-state index in [1.54, 1.807) is 0 Å². The minimum atomic E-state index is -0.0775. The zero-order valence-corrected chi connectivity index (χ0v) is 15.0. The van der Waals surface area contributed by atoms with Gasteiger partial charge in [0.1, 0.15) is 5.82 Å². The minimum Gasteiger partial charge on any atom is -0.352 e. The first-order valence-corrected chi connectivity index (χ1v) is 8.83. The van der Waals surface area contributed by atoms with Crippen molar-refractivity contribution in [1.29, 1.82) is 0 Å². The van der Waals surface area contributed by atoms with E-state index in [1.165, 1.54) is 19.8 Å². The van der Waals surface area contributed by atoms with Gasteiger partial charge < -0.3 is 16.0 Å². The number of anilines is 4. The normalized spacial score (nSPS) is 14.7. The van der Waals surface area contributed by atoms with Crippen LogP contribution in [-0.2, 0) is 4.79 Å². The lowest BCUT2D eigenvalue weighted by molar-refractivity contribution is -0.114. The van der Waals surface area contributed by atoms with Gasteiger partial charge in [-0.05, 0) is 50.5 Å². The lowest BCUT2D eigenvalue weighted by Crippen LogP contribution is -2.16. The van der Waals surface area contributed by atoms with Crippen molar-refractivity contribution in [1.82, 2.24) is 9.97 Å². The van der Waals surface area contributed by atoms with Crippen LogP contribution in [0.4, 0.5) is 23.1 Å². The van der Waals surface area contributed by atoms with E-state index >= 15 is 0 Å². The van der Waals surface area contributed by atoms with Crippen LogP contribution in [0.1, 0.15) is 51.6 Å². The van der Waals surface area contributed by atoms with Gasteiger partial charge in [-0.3, -0.25) is 4.79 Å². The molecule has 1 fully saturated rings. The van der Waals surface area contributed by atoms with Gasteiger partial charge in [-0.1, -0.05) is 6.92 Å². The molecule has 1 heterocycles. The van der Waals surface area contributed by atoms with Crippen LogP contribution in [0.15, 0.2) is 30.3 Å². The molecule has 0 aliphatic heterocycles. The molecule has 2 aromatic rings. The molecular weight excluding hydrogens is 314 g/mol. The minimum absolute atomic E-state index is 0.0775. The Bertz CT molecular complexity index is 740. The summed E-state index contributed by atoms with van der Waals surface area (Å²) in [5.41, 5.74) is 2.79. The third-order valence-corrected chi connectivity index (χ3v) is 4.21. The maximum absolute atomic E-state index is 11.1. The van der Waals surface area contributed by atoms with Crippen molar-refractivity contribution in [2.75, 3.05) is 16.0 Å². The Labute approximate surface area is 148 Å². The topological polar surface area (TPSA) is 78.9 Å². The summed E-state index contributed by atoms with van der Waals surface area (Å²) in [4.78, 5) is 20.4. The van der Waals surface area contributed by atoms with Gasteiger partial charge in [-0.15, -0.1) is 0 Å². The summed E-state index contributed by atoms with van der Waals surface area (Å²) in [6.45, 7) is 5.76. The Morgan fingerprint density at radius 2 is 1.88 bits per heavy atom. The van der Waals surface area contributed by atoms with Crippen LogP contribution >= 0.6 is 0 Å². The monoisotopic (exact) mass is 339 g/mol. The number of carbonyl (C=O) groups is 1. The zero-order valence-electron chi connectivity index (χ0n) is 15.0. The van der Waals surface area contributed by atoms with Crippen LogP contribution in [-0.4, -0.2) is 21.9 Å². The maximum atomic E-state index is 11.1. The fraction of sp³-hybridized carbons (Fsp3) is 0.421. The van der Waals surface area contributed by atoms with Crippen LogP contribution in [0.2, 0.25) is 0 Å². The SMILES string of the molecule is CC[C@@H](C)Nc1nc(Nc2ccc(NC(C)=O)cc2)cc(C2CC2)n1. The van der Waals surface area contributed by atoms with E-state index in [2.05, 4.69) is 39.8 Å². The Kier molecular flexibility index (Phi) is 5.16. The Hall–Kier alpha value is -2.63. The van der Waals surface area contributed by atoms with Gasteiger partial charge in [0.05, 0.1) is 5.69 Å². The molecule has 1 amide bonds. The van der Waals surface area contributed by atoms with Gasteiger partial charge in [0.25, 0.3) is 0 Å². The first-order chi connectivity index (χ1) is 12.0. The highest BCUT2D eigenvalue weighted by Gasteiger charge is 2.26. The molecule has 6 nitrogen and oxygen atoms in total. The molecule has 1 atom stereocenters. The summed E-state index contributed by atoms with van der Waals surface area (Å²) in [6, 6.07) is 9.94. The van der Waals surface area contributed by atoms with E-state index in [0.717, 1.165) is 29.3 Å². The Balaban J connectivity index is 1.77. The highest BCUT2D eigenvalue weighted by molar-refractivity contribution is 5.88. The van der Waals surface area contributed by atoms with Crippen molar-refractivity contribution in [3.63, 3.8) is 0 Å². The highest BCUT2D eigenvalue weighted by atomic mass is 16.1. The summed E-state index contributed by atoms with van der Waals surface area (Å²) >= 11 is 0. The van der Waals surface area contributed by atoms with Gasteiger partial charge in [-0.2, -0.15) is 4.98 Å². The highest BCUT2D eigenvalue weighted by Crippen LogP contribution is 2.40. The number of rotatable bonds is 7. The fourth-order valence-corrected chi connectivity index (χ4v) is 2.49. The number of hydrogen-bond acceptors (Lipinski definition) is 5. The molecule has 1 aromatic heterocycles. The smallest absolute Gasteiger partial charge is 0.225 e. The summed E-state index contributed by atoms with van der Waals surface area (Å²) < 4.78 is 0. The fourth-order valence-electron chi connectivity index (χ4n) is 2.49. The predicted octanol–water partition coefficient (Wildman–Crippen LogP) is 4.27. The van der Waals surface area contributed by atoms with Gasteiger partial charge in [0.15, 0.2) is 0 Å². The third kappa shape index (κ3) is 4.92. The number of nitrogens with zero attached hydrogens (tertiary/aromatic N) is 2. The van der Waals surface area contributed by atoms with Crippen molar-refractivity contribution in [3.05, 3.63) is 36.0 Å². The first kappa shape index (κ1) is 17.2. The molecule has 0 spiro atoms. The number of benzene rings is 1. The number of amides is 1. The molecule has 1 aromatic carbocycles. The molecule has 0 bridgehead atoms. The molecule has 3 rings (SSSR count). The number of carbonyl (C=O) groups excluding carboxylic acids is 1. The van der Waals surface area contributed by atoms with Crippen LogP contribution in [0.3, 0.4) is 0 Å². The lowest BCUT2D eigenvalue weighted by Gasteiger charge is -2.14. The van der Waals surface area contributed by atoms with Crippen LogP contribution in [0, 0.1) is 0 Å². The van der Waals surface area contributed by atoms with Gasteiger partial charge >= 0.3 is 0 Å². The van der Waals surface area contributed by atoms with Crippen LogP contribution in [0.25, 0.3) is 0 Å². The van der Waals surface area contributed by atoms with Crippen molar-refractivity contribution >= 4 is 29.0 Å². The molecule has 25 heavy (non-hydrogen) atoms. The summed E-state index contributed by atoms with van der Waals surface area (Å²) in [5.74, 6) is 1.95. The van der Waals surface area contributed by atoms with Crippen molar-refractivity contribution in [2.24, 2.45) is 0 Å². The largest absolute Gasteiger partial charge is 0.352 e. The average molecular weight is 339 g/mol. The van der Waals surface area contributed by atoms with Crippen LogP contribution in [0.5, 0.6) is 0 Å². The second kappa shape index (κ2) is 7.51. The van der Waals surface area contributed by atoms with Crippen LogP contribution < -0.4 is 16.0 Å². The lowest BCUT2D eigenvalue weighted by atomic mass is 10.2.